The van der Waals surface area contributed by atoms with Gasteiger partial charge >= 0.3 is 11.9 Å². The van der Waals surface area contributed by atoms with Crippen LogP contribution in [0.4, 0.5) is 0 Å². The summed E-state index contributed by atoms with van der Waals surface area (Å²) in [5.74, 6) is -0.616. The number of carbonyl (C=O) groups is 3. The Morgan fingerprint density at radius 1 is 1.00 bits per heavy atom. The summed E-state index contributed by atoms with van der Waals surface area (Å²) in [5.41, 5.74) is 4.68. The zero-order chi connectivity index (χ0) is 24.8. The van der Waals surface area contributed by atoms with E-state index in [1.807, 2.05) is 12.1 Å². The van der Waals surface area contributed by atoms with E-state index in [1.54, 1.807) is 43.3 Å². The highest BCUT2D eigenvalue weighted by Gasteiger charge is 2.14. The molecule has 1 atom stereocenters. The molecule has 0 aliphatic carbocycles. The monoisotopic (exact) mass is 473 g/mol. The molecule has 0 fully saturated rings. The quantitative estimate of drug-likeness (QED) is 0.186. The molecule has 9 heteroatoms. The molecule has 2 aromatic rings. The van der Waals surface area contributed by atoms with E-state index in [4.69, 9.17) is 24.2 Å². The van der Waals surface area contributed by atoms with Crippen LogP contribution in [0.1, 0.15) is 48.2 Å². The first kappa shape index (κ1) is 27.0. The van der Waals surface area contributed by atoms with E-state index >= 15 is 0 Å². The summed E-state index contributed by atoms with van der Waals surface area (Å²) in [4.78, 5) is 40.2. The minimum atomic E-state index is -0.399. The number of esters is 2. The van der Waals surface area contributed by atoms with Gasteiger partial charge in [-0.05, 0) is 61.1 Å². The Bertz CT molecular complexity index is 912. The maximum Gasteiger partial charge on any atom is 0.338 e. The third kappa shape index (κ3) is 10.1. The fourth-order valence-electron chi connectivity index (χ4n) is 3.19. The Labute approximate surface area is 198 Å². The van der Waals surface area contributed by atoms with E-state index < -0.39 is 12.8 Å². The Balaban J connectivity index is 1.78. The molecule has 0 aliphatic rings. The number of hydroxylamine groups is 1. The van der Waals surface area contributed by atoms with Gasteiger partial charge in [0.15, 0.2) is 0 Å². The summed E-state index contributed by atoms with van der Waals surface area (Å²) in [6.45, 7) is 3.45. The van der Waals surface area contributed by atoms with Crippen LogP contribution < -0.4 is 10.2 Å². The molecule has 0 saturated heterocycles. The van der Waals surface area contributed by atoms with Crippen LogP contribution in [0.25, 0.3) is 0 Å². The van der Waals surface area contributed by atoms with Crippen molar-refractivity contribution in [1.29, 1.82) is 0 Å². The average Bonchev–Trinajstić information content (AvgIpc) is 2.82. The normalized spacial score (nSPS) is 11.5. The number of aliphatic hydroxyl groups excluding tert-OH is 1. The lowest BCUT2D eigenvalue weighted by Gasteiger charge is -2.17. The van der Waals surface area contributed by atoms with Crippen LogP contribution in [0, 0.1) is 5.92 Å². The van der Waals surface area contributed by atoms with Gasteiger partial charge in [0.05, 0.1) is 25.4 Å². The van der Waals surface area contributed by atoms with Crippen molar-refractivity contribution in [2.45, 2.75) is 39.7 Å². The molecule has 1 unspecified atom stereocenters. The minimum Gasteiger partial charge on any atom is -0.462 e. The lowest BCUT2D eigenvalue weighted by molar-refractivity contribution is -0.135. The topological polar surface area (TPSA) is 120 Å². The number of aliphatic hydroxyl groups is 1. The molecular formula is C25H31NO8. The van der Waals surface area contributed by atoms with Gasteiger partial charge in [0.25, 0.3) is 0 Å². The highest BCUT2D eigenvalue weighted by Crippen LogP contribution is 2.17. The largest absolute Gasteiger partial charge is 0.462 e. The maximum absolute atomic E-state index is 12.2. The van der Waals surface area contributed by atoms with Gasteiger partial charge < -0.3 is 19.3 Å². The number of carbonyl (C=O) groups excluding carboxylic acids is 3. The molecule has 9 nitrogen and oxygen atoms in total. The fourth-order valence-corrected chi connectivity index (χ4v) is 3.19. The van der Waals surface area contributed by atoms with Gasteiger partial charge in [0, 0.05) is 13.3 Å². The first-order chi connectivity index (χ1) is 16.4. The zero-order valence-electron chi connectivity index (χ0n) is 19.5. The van der Waals surface area contributed by atoms with Crippen LogP contribution in [0.2, 0.25) is 0 Å². The molecule has 0 aromatic heterocycles. The van der Waals surface area contributed by atoms with Crippen molar-refractivity contribution in [2.24, 2.45) is 5.92 Å². The molecule has 1 amide bonds. The van der Waals surface area contributed by atoms with E-state index in [2.05, 4.69) is 5.48 Å². The van der Waals surface area contributed by atoms with Crippen molar-refractivity contribution in [3.63, 3.8) is 0 Å². The molecule has 2 N–H and O–H groups in total. The molecule has 0 heterocycles. The van der Waals surface area contributed by atoms with Crippen molar-refractivity contribution >= 4 is 17.8 Å². The molecule has 2 rings (SSSR count). The number of rotatable bonds is 14. The molecule has 0 saturated carbocycles. The number of hydrogen-bond acceptors (Lipinski definition) is 8. The Hall–Kier alpha value is -3.27. The van der Waals surface area contributed by atoms with E-state index in [0.29, 0.717) is 37.4 Å². The summed E-state index contributed by atoms with van der Waals surface area (Å²) in [7, 11) is 0. The predicted molar refractivity (Wildman–Crippen MR) is 123 cm³/mol. The number of ether oxygens (including phenoxy) is 3. The van der Waals surface area contributed by atoms with Gasteiger partial charge in [-0.3, -0.25) is 14.4 Å². The highest BCUT2D eigenvalue weighted by molar-refractivity contribution is 5.89. The van der Waals surface area contributed by atoms with E-state index in [1.165, 1.54) is 6.92 Å². The summed E-state index contributed by atoms with van der Waals surface area (Å²) in [6, 6.07) is 13.9. The first-order valence-electron chi connectivity index (χ1n) is 11.0. The van der Waals surface area contributed by atoms with Crippen LogP contribution in [0.3, 0.4) is 0 Å². The van der Waals surface area contributed by atoms with Crippen LogP contribution >= 0.6 is 0 Å². The van der Waals surface area contributed by atoms with E-state index in [-0.39, 0.29) is 30.8 Å². The molecule has 0 aliphatic heterocycles. The van der Waals surface area contributed by atoms with Crippen LogP contribution in [0.15, 0.2) is 48.5 Å². The Kier molecular flexibility index (Phi) is 11.7. The highest BCUT2D eigenvalue weighted by atomic mass is 16.6. The first-order valence-corrected chi connectivity index (χ1v) is 11.0. The average molecular weight is 474 g/mol. The molecule has 184 valence electrons. The van der Waals surface area contributed by atoms with Crippen molar-refractivity contribution in [2.75, 3.05) is 20.0 Å². The summed E-state index contributed by atoms with van der Waals surface area (Å²) >= 11 is 0. The number of hydrogen-bond donors (Lipinski definition) is 2. The van der Waals surface area contributed by atoms with Crippen molar-refractivity contribution < 1.29 is 38.5 Å². The molecule has 0 radical (unpaired) electrons. The molecule has 2 aromatic carbocycles. The summed E-state index contributed by atoms with van der Waals surface area (Å²) < 4.78 is 15.1. The second-order valence-electron chi connectivity index (χ2n) is 7.58. The van der Waals surface area contributed by atoms with Crippen molar-refractivity contribution in [3.8, 4) is 5.75 Å². The van der Waals surface area contributed by atoms with Crippen LogP contribution in [-0.2, 0) is 36.9 Å². The molecule has 0 bridgehead atoms. The lowest BCUT2D eigenvalue weighted by Crippen LogP contribution is -2.25. The number of amides is 1. The van der Waals surface area contributed by atoms with Gasteiger partial charge in [-0.25, -0.2) is 10.3 Å². The van der Waals surface area contributed by atoms with E-state index in [9.17, 15) is 14.4 Å². The lowest BCUT2D eigenvalue weighted by atomic mass is 9.95. The van der Waals surface area contributed by atoms with Crippen molar-refractivity contribution in [1.82, 2.24) is 5.48 Å². The number of nitrogens with one attached hydrogen (secondary N) is 1. The van der Waals surface area contributed by atoms with Gasteiger partial charge in [0.2, 0.25) is 5.91 Å². The molecular weight excluding hydrogens is 442 g/mol. The van der Waals surface area contributed by atoms with Gasteiger partial charge in [-0.2, -0.15) is 0 Å². The minimum absolute atomic E-state index is 0.0137. The maximum atomic E-state index is 12.2. The second kappa shape index (κ2) is 14.8. The smallest absolute Gasteiger partial charge is 0.338 e. The Morgan fingerprint density at radius 3 is 2.29 bits per heavy atom. The van der Waals surface area contributed by atoms with Gasteiger partial charge in [-0.1, -0.05) is 24.3 Å². The number of benzene rings is 2. The third-order valence-corrected chi connectivity index (χ3v) is 4.82. The third-order valence-electron chi connectivity index (χ3n) is 4.82. The molecule has 0 spiro atoms. The van der Waals surface area contributed by atoms with Crippen LogP contribution in [-0.4, -0.2) is 43.0 Å². The van der Waals surface area contributed by atoms with Crippen molar-refractivity contribution in [3.05, 3.63) is 65.2 Å². The standard InChI is InChI=1S/C25H31NO8/c1-3-32-25(30)22-9-4-19(5-10-22)14-21(15-31-17-27)8-13-24(29)26-33-16-20-6-11-23(12-7-20)34-18(2)28/h4-7,9-12,21,27H,3,8,13-17H2,1-2H3,(H,26,29). The van der Waals surface area contributed by atoms with Gasteiger partial charge in [-0.15, -0.1) is 0 Å². The molecule has 34 heavy (non-hydrogen) atoms. The van der Waals surface area contributed by atoms with Gasteiger partial charge in [0.1, 0.15) is 12.5 Å². The van der Waals surface area contributed by atoms with Crippen LogP contribution in [0.5, 0.6) is 5.75 Å². The zero-order valence-corrected chi connectivity index (χ0v) is 19.5. The second-order valence-corrected chi connectivity index (χ2v) is 7.58. The van der Waals surface area contributed by atoms with E-state index in [0.717, 1.165) is 11.1 Å². The Morgan fingerprint density at radius 2 is 1.68 bits per heavy atom. The summed E-state index contributed by atoms with van der Waals surface area (Å²) in [6.07, 6.45) is 1.35. The summed E-state index contributed by atoms with van der Waals surface area (Å²) in [5, 5.41) is 8.99. The fraction of sp³-hybridized carbons (Fsp3) is 0.400. The SMILES string of the molecule is CCOC(=O)c1ccc(CC(CCC(=O)NOCc2ccc(OC(C)=O)cc2)COCO)cc1. The predicted octanol–water partition coefficient (Wildman–Crippen LogP) is 2.94.